The lowest BCUT2D eigenvalue weighted by Gasteiger charge is -2.07. The number of aryl methyl sites for hydroxylation is 1. The van der Waals surface area contributed by atoms with Crippen LogP contribution in [-0.4, -0.2) is 17.9 Å². The van der Waals surface area contributed by atoms with Crippen molar-refractivity contribution < 1.29 is 9.53 Å². The molecule has 18 heavy (non-hydrogen) atoms. The SMILES string of the molecule is COc1cccnc1C(=O)c1ccc(C)c(N)c1. The minimum absolute atomic E-state index is 0.195. The van der Waals surface area contributed by atoms with E-state index in [2.05, 4.69) is 4.98 Å². The average Bonchev–Trinajstić information content (AvgIpc) is 2.41. The van der Waals surface area contributed by atoms with E-state index in [1.54, 1.807) is 30.5 Å². The molecule has 0 amide bonds. The maximum Gasteiger partial charge on any atom is 0.215 e. The predicted octanol–water partition coefficient (Wildman–Crippen LogP) is 2.21. The fourth-order valence-electron chi connectivity index (χ4n) is 1.64. The Kier molecular flexibility index (Phi) is 3.28. The number of nitrogens with two attached hydrogens (primary N) is 1. The van der Waals surface area contributed by atoms with Crippen molar-refractivity contribution in [1.29, 1.82) is 0 Å². The summed E-state index contributed by atoms with van der Waals surface area (Å²) < 4.78 is 5.13. The van der Waals surface area contributed by atoms with Gasteiger partial charge in [-0.1, -0.05) is 12.1 Å². The van der Waals surface area contributed by atoms with Crippen LogP contribution in [-0.2, 0) is 0 Å². The first-order chi connectivity index (χ1) is 8.63. The van der Waals surface area contributed by atoms with Gasteiger partial charge in [0, 0.05) is 17.4 Å². The maximum atomic E-state index is 12.3. The Hall–Kier alpha value is -2.36. The summed E-state index contributed by atoms with van der Waals surface area (Å²) in [7, 11) is 1.51. The fraction of sp³-hybridized carbons (Fsp3) is 0.143. The second-order valence-corrected chi connectivity index (χ2v) is 3.95. The molecule has 0 aliphatic carbocycles. The van der Waals surface area contributed by atoms with Crippen LogP contribution in [0.4, 0.5) is 5.69 Å². The maximum absolute atomic E-state index is 12.3. The number of nitrogens with zero attached hydrogens (tertiary/aromatic N) is 1. The van der Waals surface area contributed by atoms with Gasteiger partial charge in [0.15, 0.2) is 5.69 Å². The standard InChI is InChI=1S/C14H14N2O2/c1-9-5-6-10(8-11(9)15)14(17)13-12(18-2)4-3-7-16-13/h3-8H,15H2,1-2H3. The molecule has 0 aliphatic heterocycles. The third kappa shape index (κ3) is 2.18. The number of rotatable bonds is 3. The van der Waals surface area contributed by atoms with E-state index in [1.165, 1.54) is 7.11 Å². The van der Waals surface area contributed by atoms with Crippen LogP contribution in [0.5, 0.6) is 5.75 Å². The second kappa shape index (κ2) is 4.87. The molecule has 0 atom stereocenters. The van der Waals surface area contributed by atoms with Crippen molar-refractivity contribution in [2.24, 2.45) is 0 Å². The molecule has 0 spiro atoms. The van der Waals surface area contributed by atoms with Crippen molar-refractivity contribution in [2.75, 3.05) is 12.8 Å². The number of carbonyl (C=O) groups is 1. The number of nitrogen functional groups attached to an aromatic ring is 1. The van der Waals surface area contributed by atoms with Gasteiger partial charge in [-0.2, -0.15) is 0 Å². The number of hydrogen-bond acceptors (Lipinski definition) is 4. The monoisotopic (exact) mass is 242 g/mol. The van der Waals surface area contributed by atoms with Crippen LogP contribution in [0.1, 0.15) is 21.6 Å². The number of hydrogen-bond donors (Lipinski definition) is 1. The Bertz CT molecular complexity index is 594. The molecule has 1 heterocycles. The molecule has 1 aromatic carbocycles. The molecular weight excluding hydrogens is 228 g/mol. The van der Waals surface area contributed by atoms with Crippen LogP contribution in [0, 0.1) is 6.92 Å². The van der Waals surface area contributed by atoms with E-state index >= 15 is 0 Å². The Labute approximate surface area is 105 Å². The molecule has 0 radical (unpaired) electrons. The van der Waals surface area contributed by atoms with Crippen LogP contribution < -0.4 is 10.5 Å². The first kappa shape index (κ1) is 12.1. The predicted molar refractivity (Wildman–Crippen MR) is 69.8 cm³/mol. The first-order valence-electron chi connectivity index (χ1n) is 5.53. The third-order valence-electron chi connectivity index (χ3n) is 2.75. The van der Waals surface area contributed by atoms with Gasteiger partial charge in [0.2, 0.25) is 5.78 Å². The van der Waals surface area contributed by atoms with E-state index in [9.17, 15) is 4.79 Å². The minimum atomic E-state index is -0.195. The zero-order valence-corrected chi connectivity index (χ0v) is 10.3. The van der Waals surface area contributed by atoms with Gasteiger partial charge >= 0.3 is 0 Å². The molecule has 2 rings (SSSR count). The smallest absolute Gasteiger partial charge is 0.215 e. The Morgan fingerprint density at radius 1 is 1.33 bits per heavy atom. The third-order valence-corrected chi connectivity index (χ3v) is 2.75. The fourth-order valence-corrected chi connectivity index (χ4v) is 1.64. The second-order valence-electron chi connectivity index (χ2n) is 3.95. The van der Waals surface area contributed by atoms with Gasteiger partial charge < -0.3 is 10.5 Å². The van der Waals surface area contributed by atoms with Crippen LogP contribution in [0.2, 0.25) is 0 Å². The minimum Gasteiger partial charge on any atom is -0.494 e. The van der Waals surface area contributed by atoms with Crippen molar-refractivity contribution in [3.05, 3.63) is 53.3 Å². The van der Waals surface area contributed by atoms with Gasteiger partial charge in [-0.3, -0.25) is 4.79 Å². The number of carbonyl (C=O) groups excluding carboxylic acids is 1. The zero-order chi connectivity index (χ0) is 13.1. The summed E-state index contributed by atoms with van der Waals surface area (Å²) in [6, 6.07) is 8.64. The van der Waals surface area contributed by atoms with Crippen LogP contribution in [0.3, 0.4) is 0 Å². The number of ketones is 1. The molecule has 92 valence electrons. The summed E-state index contributed by atoms with van der Waals surface area (Å²) in [6.45, 7) is 1.89. The number of benzene rings is 1. The topological polar surface area (TPSA) is 65.2 Å². The molecule has 0 fully saturated rings. The lowest BCUT2D eigenvalue weighted by atomic mass is 10.0. The molecule has 0 saturated carbocycles. The summed E-state index contributed by atoms with van der Waals surface area (Å²) in [5, 5.41) is 0. The number of methoxy groups -OCH3 is 1. The van der Waals surface area contributed by atoms with E-state index < -0.39 is 0 Å². The van der Waals surface area contributed by atoms with Gasteiger partial charge in [-0.15, -0.1) is 0 Å². The molecule has 2 aromatic rings. The van der Waals surface area contributed by atoms with E-state index in [4.69, 9.17) is 10.5 Å². The highest BCUT2D eigenvalue weighted by Crippen LogP contribution is 2.21. The van der Waals surface area contributed by atoms with Crippen molar-refractivity contribution in [1.82, 2.24) is 4.98 Å². The van der Waals surface area contributed by atoms with Crippen LogP contribution in [0.15, 0.2) is 36.5 Å². The summed E-state index contributed by atoms with van der Waals surface area (Å²) in [5.41, 5.74) is 8.14. The largest absolute Gasteiger partial charge is 0.494 e. The van der Waals surface area contributed by atoms with Gasteiger partial charge in [-0.25, -0.2) is 4.98 Å². The van der Waals surface area contributed by atoms with Gasteiger partial charge in [-0.05, 0) is 30.7 Å². The van der Waals surface area contributed by atoms with Gasteiger partial charge in [0.25, 0.3) is 0 Å². The Balaban J connectivity index is 2.44. The molecule has 1 aromatic heterocycles. The molecule has 0 unspecified atom stereocenters. The van der Waals surface area contributed by atoms with Crippen molar-refractivity contribution in [3.8, 4) is 5.75 Å². The molecule has 4 heteroatoms. The number of pyridine rings is 1. The molecule has 0 aliphatic rings. The quantitative estimate of drug-likeness (QED) is 0.662. The molecule has 4 nitrogen and oxygen atoms in total. The summed E-state index contributed by atoms with van der Waals surface area (Å²) in [4.78, 5) is 16.4. The number of aromatic nitrogens is 1. The van der Waals surface area contributed by atoms with Crippen molar-refractivity contribution >= 4 is 11.5 Å². The summed E-state index contributed by atoms with van der Waals surface area (Å²) >= 11 is 0. The lowest BCUT2D eigenvalue weighted by Crippen LogP contribution is -2.07. The molecular formula is C14H14N2O2. The highest BCUT2D eigenvalue weighted by molar-refractivity contribution is 6.09. The van der Waals surface area contributed by atoms with Gasteiger partial charge in [0.05, 0.1) is 7.11 Å². The summed E-state index contributed by atoms with van der Waals surface area (Å²) in [6.07, 6.45) is 1.56. The molecule has 0 saturated heterocycles. The highest BCUT2D eigenvalue weighted by Gasteiger charge is 2.16. The van der Waals surface area contributed by atoms with E-state index in [0.29, 0.717) is 22.7 Å². The van der Waals surface area contributed by atoms with Crippen LogP contribution in [0.25, 0.3) is 0 Å². The van der Waals surface area contributed by atoms with Crippen molar-refractivity contribution in [2.45, 2.75) is 6.92 Å². The highest BCUT2D eigenvalue weighted by atomic mass is 16.5. The molecule has 2 N–H and O–H groups in total. The van der Waals surface area contributed by atoms with Crippen LogP contribution >= 0.6 is 0 Å². The number of ether oxygens (including phenoxy) is 1. The zero-order valence-electron chi connectivity index (χ0n) is 10.3. The van der Waals surface area contributed by atoms with E-state index in [0.717, 1.165) is 5.56 Å². The van der Waals surface area contributed by atoms with Crippen molar-refractivity contribution in [3.63, 3.8) is 0 Å². The first-order valence-corrected chi connectivity index (χ1v) is 5.53. The van der Waals surface area contributed by atoms with Gasteiger partial charge in [0.1, 0.15) is 5.75 Å². The Morgan fingerprint density at radius 2 is 2.11 bits per heavy atom. The molecule has 0 bridgehead atoms. The lowest BCUT2D eigenvalue weighted by molar-refractivity contribution is 0.103. The Morgan fingerprint density at radius 3 is 2.78 bits per heavy atom. The normalized spacial score (nSPS) is 10.1. The number of anilines is 1. The summed E-state index contributed by atoms with van der Waals surface area (Å²) in [5.74, 6) is 0.265. The van der Waals surface area contributed by atoms with E-state index in [-0.39, 0.29) is 5.78 Å². The average molecular weight is 242 g/mol. The van der Waals surface area contributed by atoms with E-state index in [1.807, 2.05) is 13.0 Å².